The van der Waals surface area contributed by atoms with Crippen LogP contribution in [0.3, 0.4) is 0 Å². The van der Waals surface area contributed by atoms with Crippen LogP contribution in [0.25, 0.3) is 0 Å². The second kappa shape index (κ2) is 5.13. The molecular formula is C14H24O4. The van der Waals surface area contributed by atoms with Crippen molar-refractivity contribution in [2.24, 2.45) is 5.41 Å². The van der Waals surface area contributed by atoms with Crippen molar-refractivity contribution in [3.8, 4) is 0 Å². The van der Waals surface area contributed by atoms with Crippen LogP contribution in [0.15, 0.2) is 23.8 Å². The minimum Gasteiger partial charge on any atom is -0.346 e. The lowest BCUT2D eigenvalue weighted by atomic mass is 9.77. The third-order valence-corrected chi connectivity index (χ3v) is 3.31. The van der Waals surface area contributed by atoms with Crippen molar-refractivity contribution in [2.75, 3.05) is 28.4 Å². The van der Waals surface area contributed by atoms with Crippen molar-refractivity contribution in [1.29, 1.82) is 0 Å². The Labute approximate surface area is 110 Å². The predicted octanol–water partition coefficient (Wildman–Crippen LogP) is 2.51. The molecule has 0 unspecified atom stereocenters. The van der Waals surface area contributed by atoms with Crippen LogP contribution in [-0.2, 0) is 18.9 Å². The van der Waals surface area contributed by atoms with E-state index in [9.17, 15) is 0 Å². The lowest BCUT2D eigenvalue weighted by Gasteiger charge is -2.42. The number of rotatable bonds is 4. The lowest BCUT2D eigenvalue weighted by Crippen LogP contribution is -2.45. The summed E-state index contributed by atoms with van der Waals surface area (Å²) in [6.45, 7) is 6.29. The third kappa shape index (κ3) is 2.52. The Kier molecular flexibility index (Phi) is 4.38. The van der Waals surface area contributed by atoms with Gasteiger partial charge in [-0.25, -0.2) is 0 Å². The number of hydrogen-bond acceptors (Lipinski definition) is 4. The van der Waals surface area contributed by atoms with E-state index >= 15 is 0 Å². The van der Waals surface area contributed by atoms with Crippen molar-refractivity contribution in [2.45, 2.75) is 32.3 Å². The second-order valence-corrected chi connectivity index (χ2v) is 5.35. The van der Waals surface area contributed by atoms with E-state index in [0.717, 1.165) is 5.57 Å². The van der Waals surface area contributed by atoms with Crippen LogP contribution < -0.4 is 0 Å². The molecule has 18 heavy (non-hydrogen) atoms. The van der Waals surface area contributed by atoms with E-state index < -0.39 is 11.6 Å². The Hall–Kier alpha value is -0.680. The van der Waals surface area contributed by atoms with Crippen molar-refractivity contribution in [3.63, 3.8) is 0 Å². The van der Waals surface area contributed by atoms with Crippen LogP contribution in [0.2, 0.25) is 0 Å². The maximum atomic E-state index is 5.56. The normalized spacial score (nSPS) is 21.8. The van der Waals surface area contributed by atoms with Crippen LogP contribution in [0.4, 0.5) is 0 Å². The maximum absolute atomic E-state index is 5.56. The molecule has 0 atom stereocenters. The zero-order valence-electron chi connectivity index (χ0n) is 12.4. The molecule has 1 aliphatic carbocycles. The van der Waals surface area contributed by atoms with Gasteiger partial charge in [0.2, 0.25) is 11.6 Å². The molecule has 1 rings (SSSR count). The highest BCUT2D eigenvalue weighted by Gasteiger charge is 2.44. The summed E-state index contributed by atoms with van der Waals surface area (Å²) in [4.78, 5) is 0. The largest absolute Gasteiger partial charge is 0.346 e. The van der Waals surface area contributed by atoms with E-state index in [4.69, 9.17) is 18.9 Å². The molecule has 104 valence electrons. The molecule has 0 aromatic rings. The van der Waals surface area contributed by atoms with Gasteiger partial charge in [-0.1, -0.05) is 20.8 Å². The van der Waals surface area contributed by atoms with Crippen LogP contribution >= 0.6 is 0 Å². The molecule has 1 aliphatic rings. The highest BCUT2D eigenvalue weighted by Crippen LogP contribution is 2.42. The average molecular weight is 256 g/mol. The minimum atomic E-state index is -0.862. The monoisotopic (exact) mass is 256 g/mol. The molecule has 0 aromatic carbocycles. The highest BCUT2D eigenvalue weighted by atomic mass is 16.7. The van der Waals surface area contributed by atoms with Crippen LogP contribution in [0.5, 0.6) is 0 Å². The van der Waals surface area contributed by atoms with Crippen molar-refractivity contribution < 1.29 is 18.9 Å². The first-order valence-electron chi connectivity index (χ1n) is 5.94. The third-order valence-electron chi connectivity index (χ3n) is 3.31. The molecule has 0 spiro atoms. The first-order chi connectivity index (χ1) is 8.29. The topological polar surface area (TPSA) is 36.9 Å². The number of ether oxygens (including phenoxy) is 4. The van der Waals surface area contributed by atoms with Crippen molar-refractivity contribution in [1.82, 2.24) is 0 Å². The molecule has 0 aromatic heterocycles. The first-order valence-corrected chi connectivity index (χ1v) is 5.94. The minimum absolute atomic E-state index is 0.140. The Bertz CT molecular complexity index is 341. The average Bonchev–Trinajstić information content (AvgIpc) is 2.37. The van der Waals surface area contributed by atoms with Gasteiger partial charge in [-0.05, 0) is 29.2 Å². The van der Waals surface area contributed by atoms with Gasteiger partial charge in [0.25, 0.3) is 0 Å². The number of methoxy groups -OCH3 is 4. The van der Waals surface area contributed by atoms with Gasteiger partial charge in [0.05, 0.1) is 0 Å². The Morgan fingerprint density at radius 2 is 1.33 bits per heavy atom. The first kappa shape index (κ1) is 15.4. The molecule has 0 fully saturated rings. The van der Waals surface area contributed by atoms with Crippen LogP contribution in [-0.4, -0.2) is 40.0 Å². The summed E-state index contributed by atoms with van der Waals surface area (Å²) < 4.78 is 22.0. The van der Waals surface area contributed by atoms with Crippen LogP contribution in [0.1, 0.15) is 20.8 Å². The number of hydrogen-bond donors (Lipinski definition) is 0. The molecular weight excluding hydrogens is 232 g/mol. The second-order valence-electron chi connectivity index (χ2n) is 5.35. The van der Waals surface area contributed by atoms with E-state index in [0.29, 0.717) is 0 Å². The highest BCUT2D eigenvalue weighted by molar-refractivity contribution is 5.36. The van der Waals surface area contributed by atoms with Crippen molar-refractivity contribution in [3.05, 3.63) is 23.8 Å². The van der Waals surface area contributed by atoms with E-state index in [2.05, 4.69) is 20.8 Å². The molecule has 0 amide bonds. The van der Waals surface area contributed by atoms with Gasteiger partial charge >= 0.3 is 0 Å². The molecule has 0 radical (unpaired) electrons. The summed E-state index contributed by atoms with van der Waals surface area (Å²) in [5.74, 6) is -1.72. The summed E-state index contributed by atoms with van der Waals surface area (Å²) in [7, 11) is 6.47. The van der Waals surface area contributed by atoms with Crippen LogP contribution in [0, 0.1) is 5.41 Å². The summed E-state index contributed by atoms with van der Waals surface area (Å²) in [6.07, 6.45) is 5.55. The Morgan fingerprint density at radius 1 is 0.833 bits per heavy atom. The van der Waals surface area contributed by atoms with E-state index in [-0.39, 0.29) is 5.41 Å². The zero-order chi connectivity index (χ0) is 14.0. The predicted molar refractivity (Wildman–Crippen MR) is 70.2 cm³/mol. The van der Waals surface area contributed by atoms with Gasteiger partial charge in [-0.3, -0.25) is 0 Å². The standard InChI is InChI=1S/C14H24O4/c1-12(2,3)11-10-13(15-4,16-5)8-9-14(11,17-6)18-7/h8-10H,1-7H3. The van der Waals surface area contributed by atoms with Gasteiger partial charge in [0.15, 0.2) is 0 Å². The smallest absolute Gasteiger partial charge is 0.211 e. The Balaban J connectivity index is 3.35. The zero-order valence-corrected chi connectivity index (χ0v) is 12.4. The molecule has 0 heterocycles. The quantitative estimate of drug-likeness (QED) is 0.572. The molecule has 4 nitrogen and oxygen atoms in total. The van der Waals surface area contributed by atoms with Gasteiger partial charge in [-0.2, -0.15) is 0 Å². The van der Waals surface area contributed by atoms with Gasteiger partial charge < -0.3 is 18.9 Å². The van der Waals surface area contributed by atoms with Crippen molar-refractivity contribution >= 4 is 0 Å². The fourth-order valence-electron chi connectivity index (χ4n) is 2.18. The maximum Gasteiger partial charge on any atom is 0.211 e. The lowest BCUT2D eigenvalue weighted by molar-refractivity contribution is -0.172. The fraction of sp³-hybridized carbons (Fsp3) is 0.714. The summed E-state index contributed by atoms with van der Waals surface area (Å²) >= 11 is 0. The Morgan fingerprint density at radius 3 is 1.67 bits per heavy atom. The van der Waals surface area contributed by atoms with Gasteiger partial charge in [0, 0.05) is 28.4 Å². The molecule has 0 N–H and O–H groups in total. The van der Waals surface area contributed by atoms with E-state index in [1.165, 1.54) is 0 Å². The SMILES string of the molecule is COC1(OC)C=CC(OC)(OC)C(C(C)(C)C)=C1. The fourth-order valence-corrected chi connectivity index (χ4v) is 2.18. The van der Waals surface area contributed by atoms with E-state index in [1.807, 2.05) is 12.2 Å². The summed E-state index contributed by atoms with van der Waals surface area (Å²) in [5, 5.41) is 0. The summed E-state index contributed by atoms with van der Waals surface area (Å²) in [6, 6.07) is 0. The molecule has 0 saturated heterocycles. The van der Waals surface area contributed by atoms with E-state index in [1.54, 1.807) is 34.5 Å². The molecule has 0 aliphatic heterocycles. The molecule has 0 bridgehead atoms. The molecule has 4 heteroatoms. The summed E-state index contributed by atoms with van der Waals surface area (Å²) in [5.41, 5.74) is 0.824. The van der Waals surface area contributed by atoms with Gasteiger partial charge in [-0.15, -0.1) is 0 Å². The van der Waals surface area contributed by atoms with Gasteiger partial charge in [0.1, 0.15) is 0 Å². The molecule has 0 saturated carbocycles.